The predicted molar refractivity (Wildman–Crippen MR) is 79.1 cm³/mol. The van der Waals surface area contributed by atoms with Crippen LogP contribution < -0.4 is 5.73 Å². The van der Waals surface area contributed by atoms with E-state index in [1.54, 1.807) is 0 Å². The molecule has 4 heteroatoms. The molecule has 0 spiro atoms. The van der Waals surface area contributed by atoms with E-state index < -0.39 is 0 Å². The normalized spacial score (nSPS) is 26.3. The van der Waals surface area contributed by atoms with E-state index in [2.05, 4.69) is 18.2 Å². The molecule has 19 heavy (non-hydrogen) atoms. The summed E-state index contributed by atoms with van der Waals surface area (Å²) in [6, 6.07) is 8.46. The van der Waals surface area contributed by atoms with E-state index in [1.165, 1.54) is 11.1 Å². The van der Waals surface area contributed by atoms with Crippen LogP contribution in [0, 0.1) is 5.92 Å². The molecule has 2 aliphatic heterocycles. The second-order valence-corrected chi connectivity index (χ2v) is 6.44. The van der Waals surface area contributed by atoms with Gasteiger partial charge in [-0.2, -0.15) is 11.8 Å². The molecule has 3 rings (SSSR count). The maximum absolute atomic E-state index is 12.6. The van der Waals surface area contributed by atoms with Gasteiger partial charge in [0, 0.05) is 24.8 Å². The summed E-state index contributed by atoms with van der Waals surface area (Å²) in [5, 5.41) is 0. The number of fused-ring (bicyclic) bond motifs is 1. The van der Waals surface area contributed by atoms with E-state index in [1.807, 2.05) is 22.7 Å². The largest absolute Gasteiger partial charge is 0.334 e. The Morgan fingerprint density at radius 1 is 1.42 bits per heavy atom. The molecule has 2 atom stereocenters. The molecule has 3 nitrogen and oxygen atoms in total. The Hall–Kier alpha value is -1.000. The average molecular weight is 276 g/mol. The topological polar surface area (TPSA) is 46.3 Å². The monoisotopic (exact) mass is 276 g/mol. The van der Waals surface area contributed by atoms with Crippen LogP contribution in [-0.2, 0) is 11.2 Å². The lowest BCUT2D eigenvalue weighted by atomic mass is 9.91. The fraction of sp³-hybridized carbons (Fsp3) is 0.533. The van der Waals surface area contributed by atoms with E-state index in [0.717, 1.165) is 30.9 Å². The van der Waals surface area contributed by atoms with Crippen LogP contribution >= 0.6 is 11.8 Å². The second-order valence-electron chi connectivity index (χ2n) is 5.29. The van der Waals surface area contributed by atoms with Gasteiger partial charge < -0.3 is 10.6 Å². The maximum atomic E-state index is 12.6. The average Bonchev–Trinajstić information content (AvgIpc) is 2.99. The van der Waals surface area contributed by atoms with E-state index in [9.17, 15) is 4.79 Å². The molecular weight excluding hydrogens is 256 g/mol. The first-order valence-corrected chi connectivity index (χ1v) is 8.13. The molecule has 1 aromatic rings. The van der Waals surface area contributed by atoms with Crippen LogP contribution in [0.5, 0.6) is 0 Å². The van der Waals surface area contributed by atoms with Crippen LogP contribution in [-0.4, -0.2) is 35.4 Å². The van der Waals surface area contributed by atoms with Gasteiger partial charge in [0.25, 0.3) is 0 Å². The first-order chi connectivity index (χ1) is 9.31. The molecule has 0 bridgehead atoms. The summed E-state index contributed by atoms with van der Waals surface area (Å²) >= 11 is 1.89. The van der Waals surface area contributed by atoms with Gasteiger partial charge in [-0.05, 0) is 29.7 Å². The first-order valence-electron chi connectivity index (χ1n) is 6.97. The van der Waals surface area contributed by atoms with Crippen molar-refractivity contribution in [2.45, 2.75) is 18.9 Å². The predicted octanol–water partition coefficient (Wildman–Crippen LogP) is 1.82. The van der Waals surface area contributed by atoms with Crippen LogP contribution in [0.2, 0.25) is 0 Å². The lowest BCUT2D eigenvalue weighted by molar-refractivity contribution is -0.137. The summed E-state index contributed by atoms with van der Waals surface area (Å²) in [6.45, 7) is 1.33. The number of hydrogen-bond donors (Lipinski definition) is 1. The molecule has 2 N–H and O–H groups in total. The summed E-state index contributed by atoms with van der Waals surface area (Å²) in [7, 11) is 0. The third-order valence-electron chi connectivity index (χ3n) is 4.20. The Labute approximate surface area is 118 Å². The van der Waals surface area contributed by atoms with Crippen LogP contribution in [0.1, 0.15) is 23.6 Å². The Bertz CT molecular complexity index is 471. The van der Waals surface area contributed by atoms with Crippen molar-refractivity contribution in [3.63, 3.8) is 0 Å². The highest BCUT2D eigenvalue weighted by atomic mass is 32.2. The van der Waals surface area contributed by atoms with Crippen LogP contribution in [0.15, 0.2) is 24.3 Å². The zero-order valence-corrected chi connectivity index (χ0v) is 11.9. The first kappa shape index (κ1) is 13.0. The Kier molecular flexibility index (Phi) is 3.80. The molecule has 0 radical (unpaired) electrons. The van der Waals surface area contributed by atoms with Crippen molar-refractivity contribution < 1.29 is 4.79 Å². The number of nitrogens with two attached hydrogens (primary N) is 1. The molecular formula is C15H20N2OS. The minimum Gasteiger partial charge on any atom is -0.334 e. The van der Waals surface area contributed by atoms with Crippen LogP contribution in [0.4, 0.5) is 0 Å². The summed E-state index contributed by atoms with van der Waals surface area (Å²) in [5.74, 6) is 2.63. The highest BCUT2D eigenvalue weighted by Crippen LogP contribution is 2.33. The van der Waals surface area contributed by atoms with E-state index >= 15 is 0 Å². The molecule has 2 unspecified atom stereocenters. The molecule has 1 aromatic carbocycles. The molecule has 0 aliphatic carbocycles. The number of rotatable bonds is 2. The third kappa shape index (κ3) is 2.39. The molecule has 2 aliphatic rings. The number of benzene rings is 1. The highest BCUT2D eigenvalue weighted by molar-refractivity contribution is 7.99. The van der Waals surface area contributed by atoms with Crippen molar-refractivity contribution in [3.05, 3.63) is 35.4 Å². The SMILES string of the molecule is NCC1c2ccccc2CCN1C(=O)C1CCSC1. The molecule has 0 aromatic heterocycles. The molecule has 1 amide bonds. The van der Waals surface area contributed by atoms with Gasteiger partial charge in [0.1, 0.15) is 0 Å². The van der Waals surface area contributed by atoms with Crippen molar-refractivity contribution in [1.82, 2.24) is 4.90 Å². The van der Waals surface area contributed by atoms with Crippen molar-refractivity contribution >= 4 is 17.7 Å². The zero-order valence-electron chi connectivity index (χ0n) is 11.0. The Balaban J connectivity index is 1.85. The fourth-order valence-electron chi connectivity index (χ4n) is 3.13. The van der Waals surface area contributed by atoms with Gasteiger partial charge in [0.2, 0.25) is 5.91 Å². The molecule has 102 valence electrons. The fourth-order valence-corrected chi connectivity index (χ4v) is 4.34. The maximum Gasteiger partial charge on any atom is 0.227 e. The van der Waals surface area contributed by atoms with Crippen LogP contribution in [0.3, 0.4) is 0 Å². The third-order valence-corrected chi connectivity index (χ3v) is 5.36. The van der Waals surface area contributed by atoms with Crippen molar-refractivity contribution in [3.8, 4) is 0 Å². The van der Waals surface area contributed by atoms with Gasteiger partial charge in [-0.15, -0.1) is 0 Å². The number of hydrogen-bond acceptors (Lipinski definition) is 3. The van der Waals surface area contributed by atoms with Crippen LogP contribution in [0.25, 0.3) is 0 Å². The summed E-state index contributed by atoms with van der Waals surface area (Å²) < 4.78 is 0. The van der Waals surface area contributed by atoms with E-state index in [-0.39, 0.29) is 12.0 Å². The quantitative estimate of drug-likeness (QED) is 0.896. The summed E-state index contributed by atoms with van der Waals surface area (Å²) in [4.78, 5) is 14.7. The van der Waals surface area contributed by atoms with Gasteiger partial charge in [-0.25, -0.2) is 0 Å². The Morgan fingerprint density at radius 2 is 2.26 bits per heavy atom. The second kappa shape index (κ2) is 5.55. The van der Waals surface area contributed by atoms with E-state index in [4.69, 9.17) is 5.73 Å². The van der Waals surface area contributed by atoms with Gasteiger partial charge in [-0.3, -0.25) is 4.79 Å². The number of carbonyl (C=O) groups is 1. The minimum absolute atomic E-state index is 0.0723. The molecule has 1 saturated heterocycles. The standard InChI is InChI=1S/C15H20N2OS/c16-9-14-13-4-2-1-3-11(13)5-7-17(14)15(18)12-6-8-19-10-12/h1-4,12,14H,5-10,16H2. The molecule has 0 saturated carbocycles. The number of nitrogens with zero attached hydrogens (tertiary/aromatic N) is 1. The summed E-state index contributed by atoms with van der Waals surface area (Å²) in [6.07, 6.45) is 1.98. The van der Waals surface area contributed by atoms with Crippen molar-refractivity contribution in [1.29, 1.82) is 0 Å². The van der Waals surface area contributed by atoms with Gasteiger partial charge in [0.15, 0.2) is 0 Å². The lowest BCUT2D eigenvalue weighted by Crippen LogP contribution is -2.45. The Morgan fingerprint density at radius 3 is 3.00 bits per heavy atom. The highest BCUT2D eigenvalue weighted by Gasteiger charge is 2.34. The number of amides is 1. The van der Waals surface area contributed by atoms with Gasteiger partial charge in [-0.1, -0.05) is 24.3 Å². The van der Waals surface area contributed by atoms with Crippen molar-refractivity contribution in [2.24, 2.45) is 11.7 Å². The number of carbonyl (C=O) groups excluding carboxylic acids is 1. The minimum atomic E-state index is 0.0723. The van der Waals surface area contributed by atoms with Crippen molar-refractivity contribution in [2.75, 3.05) is 24.6 Å². The molecule has 1 fully saturated rings. The van der Waals surface area contributed by atoms with Gasteiger partial charge in [0.05, 0.1) is 6.04 Å². The smallest absolute Gasteiger partial charge is 0.227 e. The molecule has 2 heterocycles. The van der Waals surface area contributed by atoms with Gasteiger partial charge >= 0.3 is 0 Å². The lowest BCUT2D eigenvalue weighted by Gasteiger charge is -2.38. The summed E-state index contributed by atoms with van der Waals surface area (Å²) in [5.41, 5.74) is 8.54. The number of thioether (sulfide) groups is 1. The zero-order chi connectivity index (χ0) is 13.2. The van der Waals surface area contributed by atoms with E-state index in [0.29, 0.717) is 12.5 Å².